The molecule has 0 aliphatic rings. The Morgan fingerprint density at radius 2 is 1.65 bits per heavy atom. The topological polar surface area (TPSA) is 127 Å². The molecule has 0 fully saturated rings. The van der Waals surface area contributed by atoms with Gasteiger partial charge in [-0.1, -0.05) is 6.58 Å². The third-order valence-corrected chi connectivity index (χ3v) is 2.06. The summed E-state index contributed by atoms with van der Waals surface area (Å²) in [4.78, 5) is 11.0. The Bertz CT molecular complexity index is 265. The van der Waals surface area contributed by atoms with E-state index in [0.29, 0.717) is 0 Å². The molecule has 0 saturated heterocycles. The van der Waals surface area contributed by atoms with Crippen molar-refractivity contribution < 1.29 is 35.1 Å². The average molecular weight is 250 g/mol. The average Bonchev–Trinajstić information content (AvgIpc) is 2.32. The highest BCUT2D eigenvalue weighted by Gasteiger charge is 2.30. The van der Waals surface area contributed by atoms with Crippen LogP contribution in [0.15, 0.2) is 12.2 Å². The van der Waals surface area contributed by atoms with Gasteiger partial charge in [0.1, 0.15) is 31.0 Å². The Morgan fingerprint density at radius 3 is 2.06 bits per heavy atom. The molecule has 0 spiro atoms. The first kappa shape index (κ1) is 16.0. The highest BCUT2D eigenvalue weighted by atomic mass is 16.5. The summed E-state index contributed by atoms with van der Waals surface area (Å²) in [6, 6.07) is 0. The molecular formula is C10H18O7. The number of aliphatic hydroxyl groups excluding tert-OH is 5. The van der Waals surface area contributed by atoms with Gasteiger partial charge in [0.05, 0.1) is 6.61 Å². The highest BCUT2D eigenvalue weighted by Crippen LogP contribution is 2.06. The van der Waals surface area contributed by atoms with Crippen LogP contribution >= 0.6 is 0 Å². The van der Waals surface area contributed by atoms with Crippen LogP contribution < -0.4 is 0 Å². The summed E-state index contributed by atoms with van der Waals surface area (Å²) in [6.45, 7) is 3.40. The maximum Gasteiger partial charge on any atom is 0.333 e. The molecule has 100 valence electrons. The van der Waals surface area contributed by atoms with Crippen LogP contribution in [0.1, 0.15) is 6.92 Å². The lowest BCUT2D eigenvalue weighted by atomic mass is 10.0. The van der Waals surface area contributed by atoms with Crippen LogP contribution in [0.4, 0.5) is 0 Å². The van der Waals surface area contributed by atoms with Crippen molar-refractivity contribution in [3.63, 3.8) is 0 Å². The minimum absolute atomic E-state index is 0.127. The quantitative estimate of drug-likeness (QED) is 0.250. The monoisotopic (exact) mass is 250 g/mol. The van der Waals surface area contributed by atoms with Crippen LogP contribution in [0, 0.1) is 0 Å². The van der Waals surface area contributed by atoms with Gasteiger partial charge in [-0.2, -0.15) is 0 Å². The molecule has 0 rings (SSSR count). The van der Waals surface area contributed by atoms with Crippen LogP contribution in [-0.4, -0.2) is 69.1 Å². The fourth-order valence-corrected chi connectivity index (χ4v) is 0.946. The molecule has 4 atom stereocenters. The van der Waals surface area contributed by atoms with Gasteiger partial charge in [-0.3, -0.25) is 0 Å². The van der Waals surface area contributed by atoms with Crippen LogP contribution in [0.3, 0.4) is 0 Å². The summed E-state index contributed by atoms with van der Waals surface area (Å²) < 4.78 is 4.55. The van der Waals surface area contributed by atoms with E-state index in [2.05, 4.69) is 11.3 Å². The first-order chi connectivity index (χ1) is 7.81. The predicted octanol–water partition coefficient (Wildman–Crippen LogP) is -2.46. The number of rotatable bonds is 7. The lowest BCUT2D eigenvalue weighted by molar-refractivity contribution is -0.152. The maximum atomic E-state index is 11.0. The molecule has 0 amide bonds. The molecular weight excluding hydrogens is 232 g/mol. The summed E-state index contributed by atoms with van der Waals surface area (Å²) in [7, 11) is 0. The molecule has 0 bridgehead atoms. The van der Waals surface area contributed by atoms with Crippen LogP contribution in [0.2, 0.25) is 0 Å². The molecule has 7 nitrogen and oxygen atoms in total. The first-order valence-electron chi connectivity index (χ1n) is 4.97. The van der Waals surface area contributed by atoms with Crippen molar-refractivity contribution in [2.45, 2.75) is 31.3 Å². The SMILES string of the molecule is C=C(C)C(=O)OC[C@H](O)[C@@H](O)[C@H](O)[C@H](O)CO. The summed E-state index contributed by atoms with van der Waals surface area (Å²) in [5.74, 6) is -0.742. The molecule has 0 radical (unpaired) electrons. The molecule has 0 unspecified atom stereocenters. The molecule has 5 N–H and O–H groups in total. The van der Waals surface area contributed by atoms with Crippen LogP contribution in [0.25, 0.3) is 0 Å². The molecule has 0 aromatic carbocycles. The van der Waals surface area contributed by atoms with Crippen LogP contribution in [-0.2, 0) is 9.53 Å². The Morgan fingerprint density at radius 1 is 1.18 bits per heavy atom. The van der Waals surface area contributed by atoms with Crippen molar-refractivity contribution in [1.29, 1.82) is 0 Å². The summed E-state index contributed by atoms with van der Waals surface area (Å²) in [5.41, 5.74) is 0.127. The molecule has 0 aliphatic carbocycles. The zero-order valence-corrected chi connectivity index (χ0v) is 9.48. The maximum absolute atomic E-state index is 11.0. The van der Waals surface area contributed by atoms with Crippen molar-refractivity contribution in [3.05, 3.63) is 12.2 Å². The second-order valence-corrected chi connectivity index (χ2v) is 3.68. The van der Waals surface area contributed by atoms with E-state index in [-0.39, 0.29) is 5.57 Å². The van der Waals surface area contributed by atoms with E-state index in [9.17, 15) is 20.1 Å². The normalized spacial score (nSPS) is 18.0. The van der Waals surface area contributed by atoms with E-state index in [0.717, 1.165) is 0 Å². The molecule has 0 aromatic rings. The number of ether oxygens (including phenoxy) is 1. The smallest absolute Gasteiger partial charge is 0.333 e. The van der Waals surface area contributed by atoms with Crippen molar-refractivity contribution >= 4 is 5.97 Å². The number of hydrogen-bond donors (Lipinski definition) is 5. The number of carbonyl (C=O) groups excluding carboxylic acids is 1. The Labute approximate surface area is 98.6 Å². The largest absolute Gasteiger partial charge is 0.459 e. The van der Waals surface area contributed by atoms with Gasteiger partial charge in [0, 0.05) is 5.57 Å². The fourth-order valence-electron chi connectivity index (χ4n) is 0.946. The van der Waals surface area contributed by atoms with E-state index in [1.807, 2.05) is 0 Å². The number of carbonyl (C=O) groups is 1. The molecule has 7 heteroatoms. The van der Waals surface area contributed by atoms with Gasteiger partial charge >= 0.3 is 5.97 Å². The van der Waals surface area contributed by atoms with Crippen molar-refractivity contribution in [2.24, 2.45) is 0 Å². The van der Waals surface area contributed by atoms with Gasteiger partial charge in [-0.15, -0.1) is 0 Å². The summed E-state index contributed by atoms with van der Waals surface area (Å²) in [6.07, 6.45) is -6.64. The number of hydrogen-bond acceptors (Lipinski definition) is 7. The van der Waals surface area contributed by atoms with E-state index in [4.69, 9.17) is 10.2 Å². The highest BCUT2D eigenvalue weighted by molar-refractivity contribution is 5.86. The van der Waals surface area contributed by atoms with Crippen molar-refractivity contribution in [2.75, 3.05) is 13.2 Å². The van der Waals surface area contributed by atoms with E-state index >= 15 is 0 Å². The summed E-state index contributed by atoms with van der Waals surface area (Å²) in [5, 5.41) is 45.5. The molecule has 0 heterocycles. The third-order valence-electron chi connectivity index (χ3n) is 2.06. The van der Waals surface area contributed by atoms with E-state index < -0.39 is 43.6 Å². The predicted molar refractivity (Wildman–Crippen MR) is 56.9 cm³/mol. The first-order valence-corrected chi connectivity index (χ1v) is 4.97. The molecule has 17 heavy (non-hydrogen) atoms. The lowest BCUT2D eigenvalue weighted by Gasteiger charge is -2.25. The minimum Gasteiger partial charge on any atom is -0.459 e. The van der Waals surface area contributed by atoms with E-state index in [1.165, 1.54) is 6.92 Å². The van der Waals surface area contributed by atoms with Gasteiger partial charge in [0.2, 0.25) is 0 Å². The number of esters is 1. The van der Waals surface area contributed by atoms with E-state index in [1.54, 1.807) is 0 Å². The second kappa shape index (κ2) is 7.36. The van der Waals surface area contributed by atoms with Gasteiger partial charge in [-0.05, 0) is 6.92 Å². The standard InChI is InChI=1S/C10H18O7/c1-5(2)10(16)17-4-7(13)9(15)8(14)6(12)3-11/h6-9,11-15H,1,3-4H2,2H3/t6-,7+,8-,9-/m1/s1. The van der Waals surface area contributed by atoms with Gasteiger partial charge < -0.3 is 30.3 Å². The molecule has 0 aliphatic heterocycles. The molecule has 0 aromatic heterocycles. The third kappa shape index (κ3) is 5.24. The van der Waals surface area contributed by atoms with Gasteiger partial charge in [0.25, 0.3) is 0 Å². The summed E-state index contributed by atoms with van der Waals surface area (Å²) >= 11 is 0. The Balaban J connectivity index is 4.18. The zero-order chi connectivity index (χ0) is 13.6. The van der Waals surface area contributed by atoms with Crippen LogP contribution in [0.5, 0.6) is 0 Å². The minimum atomic E-state index is -1.74. The van der Waals surface area contributed by atoms with Gasteiger partial charge in [-0.25, -0.2) is 4.79 Å². The van der Waals surface area contributed by atoms with Crippen molar-refractivity contribution in [3.8, 4) is 0 Å². The second-order valence-electron chi connectivity index (χ2n) is 3.68. The fraction of sp³-hybridized carbons (Fsp3) is 0.700. The lowest BCUT2D eigenvalue weighted by Crippen LogP contribution is -2.47. The van der Waals surface area contributed by atoms with Gasteiger partial charge in [0.15, 0.2) is 0 Å². The Hall–Kier alpha value is -0.990. The zero-order valence-electron chi connectivity index (χ0n) is 9.48. The molecule has 0 saturated carbocycles. The van der Waals surface area contributed by atoms with Crippen molar-refractivity contribution in [1.82, 2.24) is 0 Å². The Kier molecular flexibility index (Phi) is 6.93. The number of aliphatic hydroxyl groups is 5.